The van der Waals surface area contributed by atoms with Crippen LogP contribution in [0.4, 0.5) is 0 Å². The maximum Gasteiger partial charge on any atom is 0.0208 e. The van der Waals surface area contributed by atoms with E-state index < -0.39 is 0 Å². The monoisotopic (exact) mass is 189 g/mol. The maximum atomic E-state index is 3.70. The molecule has 0 radical (unpaired) electrons. The van der Waals surface area contributed by atoms with Crippen molar-refractivity contribution in [3.63, 3.8) is 0 Å². The Labute approximate surface area is 86.8 Å². The first-order chi connectivity index (χ1) is 6.88. The average Bonchev–Trinajstić information content (AvgIpc) is 2.25. The third-order valence-electron chi connectivity index (χ3n) is 2.34. The lowest BCUT2D eigenvalue weighted by molar-refractivity contribution is 0.691. The van der Waals surface area contributed by atoms with Gasteiger partial charge in [-0.15, -0.1) is 6.58 Å². The quantitative estimate of drug-likeness (QED) is 0.536. The predicted molar refractivity (Wildman–Crippen MR) is 62.3 cm³/mol. The van der Waals surface area contributed by atoms with Gasteiger partial charge in [0.15, 0.2) is 0 Å². The van der Waals surface area contributed by atoms with Crippen LogP contribution in [-0.2, 0) is 13.0 Å². The van der Waals surface area contributed by atoms with E-state index in [4.69, 9.17) is 0 Å². The Morgan fingerprint density at radius 1 is 1.29 bits per heavy atom. The smallest absolute Gasteiger partial charge is 0.0208 e. The molecule has 1 rings (SSSR count). The molecule has 0 unspecified atom stereocenters. The van der Waals surface area contributed by atoms with Crippen molar-refractivity contribution in [2.24, 2.45) is 0 Å². The molecule has 1 N–H and O–H groups in total. The summed E-state index contributed by atoms with van der Waals surface area (Å²) >= 11 is 0. The predicted octanol–water partition coefficient (Wildman–Crippen LogP) is 2.91. The first-order valence-electron chi connectivity index (χ1n) is 5.27. The third kappa shape index (κ3) is 3.35. The third-order valence-corrected chi connectivity index (χ3v) is 2.34. The minimum Gasteiger partial charge on any atom is -0.312 e. The molecule has 0 fully saturated rings. The van der Waals surface area contributed by atoms with Crippen LogP contribution in [0.1, 0.15) is 24.5 Å². The zero-order chi connectivity index (χ0) is 10.2. The van der Waals surface area contributed by atoms with Crippen LogP contribution < -0.4 is 5.32 Å². The Bertz CT molecular complexity index is 278. The first-order valence-corrected chi connectivity index (χ1v) is 5.27. The molecule has 0 saturated heterocycles. The molecular weight excluding hydrogens is 170 g/mol. The Balaban J connectivity index is 2.44. The number of rotatable bonds is 6. The van der Waals surface area contributed by atoms with Gasteiger partial charge in [0, 0.05) is 6.54 Å². The summed E-state index contributed by atoms with van der Waals surface area (Å²) < 4.78 is 0. The number of hydrogen-bond donors (Lipinski definition) is 1. The van der Waals surface area contributed by atoms with E-state index in [1.54, 1.807) is 0 Å². The zero-order valence-electron chi connectivity index (χ0n) is 8.92. The highest BCUT2D eigenvalue weighted by atomic mass is 14.8. The summed E-state index contributed by atoms with van der Waals surface area (Å²) in [5.74, 6) is 0. The molecule has 76 valence electrons. The summed E-state index contributed by atoms with van der Waals surface area (Å²) in [7, 11) is 0. The molecule has 0 aliphatic heterocycles. The first kappa shape index (κ1) is 11.0. The number of nitrogens with one attached hydrogen (secondary N) is 1. The van der Waals surface area contributed by atoms with Crippen LogP contribution in [0.25, 0.3) is 0 Å². The largest absolute Gasteiger partial charge is 0.312 e. The van der Waals surface area contributed by atoms with Gasteiger partial charge >= 0.3 is 0 Å². The summed E-state index contributed by atoms with van der Waals surface area (Å²) in [5.41, 5.74) is 2.86. The summed E-state index contributed by atoms with van der Waals surface area (Å²) in [6.07, 6.45) is 4.09. The molecule has 0 heterocycles. The highest BCUT2D eigenvalue weighted by Crippen LogP contribution is 2.08. The second-order valence-electron chi connectivity index (χ2n) is 3.38. The highest BCUT2D eigenvalue weighted by Gasteiger charge is 1.97. The molecule has 0 aliphatic carbocycles. The van der Waals surface area contributed by atoms with Crippen molar-refractivity contribution in [3.8, 4) is 0 Å². The molecular formula is C13H19N. The molecule has 1 heteroatoms. The molecule has 0 aromatic heterocycles. The maximum absolute atomic E-state index is 3.70. The van der Waals surface area contributed by atoms with Crippen LogP contribution in [0, 0.1) is 0 Å². The van der Waals surface area contributed by atoms with Gasteiger partial charge in [-0.05, 0) is 30.5 Å². The van der Waals surface area contributed by atoms with E-state index in [-0.39, 0.29) is 0 Å². The molecule has 0 aliphatic rings. The molecule has 1 aromatic carbocycles. The summed E-state index contributed by atoms with van der Waals surface area (Å²) in [5, 5.41) is 3.41. The SMILES string of the molecule is C=CCCNCc1ccccc1CC. The lowest BCUT2D eigenvalue weighted by Crippen LogP contribution is -2.15. The second kappa shape index (κ2) is 6.39. The normalized spacial score (nSPS) is 10.1. The lowest BCUT2D eigenvalue weighted by Gasteiger charge is -2.08. The molecule has 0 amide bonds. The fourth-order valence-corrected chi connectivity index (χ4v) is 1.50. The molecule has 0 bridgehead atoms. The number of aryl methyl sites for hydroxylation is 1. The van der Waals surface area contributed by atoms with E-state index in [0.717, 1.165) is 25.9 Å². The summed E-state index contributed by atoms with van der Waals surface area (Å²) in [6, 6.07) is 8.60. The number of benzene rings is 1. The van der Waals surface area contributed by atoms with Crippen LogP contribution in [-0.4, -0.2) is 6.54 Å². The van der Waals surface area contributed by atoms with E-state index in [1.807, 2.05) is 6.08 Å². The van der Waals surface area contributed by atoms with E-state index in [0.29, 0.717) is 0 Å². The van der Waals surface area contributed by atoms with Gasteiger partial charge < -0.3 is 5.32 Å². The van der Waals surface area contributed by atoms with Gasteiger partial charge in [-0.25, -0.2) is 0 Å². The Morgan fingerprint density at radius 3 is 2.64 bits per heavy atom. The summed E-state index contributed by atoms with van der Waals surface area (Å²) in [4.78, 5) is 0. The van der Waals surface area contributed by atoms with Crippen molar-refractivity contribution in [1.82, 2.24) is 5.32 Å². The van der Waals surface area contributed by atoms with Crippen molar-refractivity contribution >= 4 is 0 Å². The van der Waals surface area contributed by atoms with Crippen molar-refractivity contribution in [3.05, 3.63) is 48.0 Å². The topological polar surface area (TPSA) is 12.0 Å². The van der Waals surface area contributed by atoms with Crippen LogP contribution in [0.15, 0.2) is 36.9 Å². The van der Waals surface area contributed by atoms with Gasteiger partial charge in [0.2, 0.25) is 0 Å². The van der Waals surface area contributed by atoms with Gasteiger partial charge in [0.05, 0.1) is 0 Å². The molecule has 0 saturated carbocycles. The molecule has 0 atom stereocenters. The Kier molecular flexibility index (Phi) is 5.02. The van der Waals surface area contributed by atoms with E-state index in [9.17, 15) is 0 Å². The van der Waals surface area contributed by atoms with E-state index in [2.05, 4.69) is 43.1 Å². The van der Waals surface area contributed by atoms with Gasteiger partial charge in [-0.3, -0.25) is 0 Å². The molecule has 1 aromatic rings. The fraction of sp³-hybridized carbons (Fsp3) is 0.385. The van der Waals surface area contributed by atoms with Crippen LogP contribution in [0.3, 0.4) is 0 Å². The molecule has 14 heavy (non-hydrogen) atoms. The second-order valence-corrected chi connectivity index (χ2v) is 3.38. The minimum absolute atomic E-state index is 0.970. The molecule has 0 spiro atoms. The highest BCUT2D eigenvalue weighted by molar-refractivity contribution is 5.26. The Hall–Kier alpha value is -1.08. The van der Waals surface area contributed by atoms with Gasteiger partial charge in [0.25, 0.3) is 0 Å². The van der Waals surface area contributed by atoms with Gasteiger partial charge in [0.1, 0.15) is 0 Å². The van der Waals surface area contributed by atoms with Gasteiger partial charge in [-0.1, -0.05) is 37.3 Å². The fourth-order valence-electron chi connectivity index (χ4n) is 1.50. The summed E-state index contributed by atoms with van der Waals surface area (Å²) in [6.45, 7) is 7.88. The Morgan fingerprint density at radius 2 is 2.00 bits per heavy atom. The lowest BCUT2D eigenvalue weighted by atomic mass is 10.1. The van der Waals surface area contributed by atoms with Crippen molar-refractivity contribution in [2.45, 2.75) is 26.3 Å². The van der Waals surface area contributed by atoms with Crippen LogP contribution in [0.2, 0.25) is 0 Å². The molecule has 1 nitrogen and oxygen atoms in total. The van der Waals surface area contributed by atoms with Crippen LogP contribution >= 0.6 is 0 Å². The standard InChI is InChI=1S/C13H19N/c1-3-5-10-14-11-13-9-7-6-8-12(13)4-2/h3,6-9,14H,1,4-5,10-11H2,2H3. The zero-order valence-corrected chi connectivity index (χ0v) is 8.92. The minimum atomic E-state index is 0.970. The van der Waals surface area contributed by atoms with Gasteiger partial charge in [-0.2, -0.15) is 0 Å². The van der Waals surface area contributed by atoms with E-state index in [1.165, 1.54) is 11.1 Å². The van der Waals surface area contributed by atoms with Crippen molar-refractivity contribution in [1.29, 1.82) is 0 Å². The van der Waals surface area contributed by atoms with E-state index >= 15 is 0 Å². The number of hydrogen-bond acceptors (Lipinski definition) is 1. The van der Waals surface area contributed by atoms with Crippen molar-refractivity contribution < 1.29 is 0 Å². The van der Waals surface area contributed by atoms with Crippen LogP contribution in [0.5, 0.6) is 0 Å². The average molecular weight is 189 g/mol. The van der Waals surface area contributed by atoms with Crippen molar-refractivity contribution in [2.75, 3.05) is 6.54 Å².